The van der Waals surface area contributed by atoms with Gasteiger partial charge in [0.05, 0.1) is 33.1 Å². The lowest BCUT2D eigenvalue weighted by Gasteiger charge is -2.18. The molecule has 172 valence electrons. The molecule has 2 rings (SSSR count). The predicted molar refractivity (Wildman–Crippen MR) is 96.2 cm³/mol. The summed E-state index contributed by atoms with van der Waals surface area (Å²) in [6, 6.07) is 1.83. The van der Waals surface area contributed by atoms with Gasteiger partial charge in [0.15, 0.2) is 9.84 Å². The number of hydrogen-bond acceptors (Lipinski definition) is 3. The van der Waals surface area contributed by atoms with Gasteiger partial charge in [-0.05, 0) is 24.3 Å². The molecule has 0 aliphatic rings. The van der Waals surface area contributed by atoms with Crippen LogP contribution < -0.4 is 0 Å². The maximum atomic E-state index is 13.4. The van der Waals surface area contributed by atoms with Gasteiger partial charge in [0.1, 0.15) is 5.82 Å². The molecule has 0 unspecified atom stereocenters. The van der Waals surface area contributed by atoms with Crippen LogP contribution in [-0.4, -0.2) is 35.8 Å². The molecule has 0 amide bonds. The minimum absolute atomic E-state index is 0.281. The Balaban J connectivity index is 2.68. The van der Waals surface area contributed by atoms with E-state index in [0.29, 0.717) is 12.1 Å². The summed E-state index contributed by atoms with van der Waals surface area (Å²) >= 11 is 5.15. The molecule has 4 nitrogen and oxygen atoms in total. The average Bonchev–Trinajstić information content (AvgIpc) is 2.99. The van der Waals surface area contributed by atoms with Crippen molar-refractivity contribution in [3.8, 4) is 11.4 Å². The minimum atomic E-state index is -5.96. The Morgan fingerprint density at radius 3 is 2.19 bits per heavy atom. The van der Waals surface area contributed by atoms with Crippen LogP contribution in [-0.2, 0) is 23.1 Å². The summed E-state index contributed by atoms with van der Waals surface area (Å²) in [7, 11) is -3.05. The zero-order valence-corrected chi connectivity index (χ0v) is 17.2. The van der Waals surface area contributed by atoms with Crippen molar-refractivity contribution in [2.24, 2.45) is 7.05 Å². The summed E-state index contributed by atoms with van der Waals surface area (Å²) in [6.45, 7) is 1.20. The number of imidazole rings is 1. The van der Waals surface area contributed by atoms with Gasteiger partial charge >= 0.3 is 18.3 Å². The molecule has 0 fully saturated rings. The van der Waals surface area contributed by atoms with E-state index in [0.717, 1.165) is 23.9 Å². The molecule has 31 heavy (non-hydrogen) atoms. The van der Waals surface area contributed by atoms with E-state index in [4.69, 9.17) is 11.6 Å². The Kier molecular flexibility index (Phi) is 6.55. The summed E-state index contributed by atoms with van der Waals surface area (Å²) in [6.07, 6.45) is -9.70. The third-order valence-electron chi connectivity index (χ3n) is 4.22. The molecular formula is C17H13ClF8N2O2S. The highest BCUT2D eigenvalue weighted by Gasteiger charge is 2.59. The number of halogens is 9. The lowest BCUT2D eigenvalue weighted by Crippen LogP contribution is -2.36. The molecule has 0 N–H and O–H groups in total. The third kappa shape index (κ3) is 4.86. The van der Waals surface area contributed by atoms with E-state index < -0.39 is 49.4 Å². The number of hydrogen-bond donors (Lipinski definition) is 0. The summed E-state index contributed by atoms with van der Waals surface area (Å²) in [5, 5.41) is -1.87. The monoisotopic (exact) mass is 496 g/mol. The van der Waals surface area contributed by atoms with Crippen LogP contribution in [0.15, 0.2) is 34.3 Å². The molecule has 2 aromatic rings. The van der Waals surface area contributed by atoms with Crippen molar-refractivity contribution in [1.82, 2.24) is 9.55 Å². The first kappa shape index (κ1) is 25.1. The van der Waals surface area contributed by atoms with Crippen LogP contribution in [0.4, 0.5) is 35.1 Å². The quantitative estimate of drug-likeness (QED) is 0.501. The Bertz CT molecular complexity index is 1120. The van der Waals surface area contributed by atoms with E-state index in [9.17, 15) is 43.5 Å². The smallest absolute Gasteiger partial charge is 0.328 e. The van der Waals surface area contributed by atoms with Crippen LogP contribution in [0.5, 0.6) is 0 Å². The van der Waals surface area contributed by atoms with Crippen molar-refractivity contribution >= 4 is 27.5 Å². The van der Waals surface area contributed by atoms with Gasteiger partial charge in [0, 0.05) is 12.6 Å². The zero-order valence-electron chi connectivity index (χ0n) is 15.6. The van der Waals surface area contributed by atoms with Gasteiger partial charge in [0.25, 0.3) is 0 Å². The second kappa shape index (κ2) is 8.08. The second-order valence-electron chi connectivity index (χ2n) is 6.24. The zero-order chi connectivity index (χ0) is 24.0. The Hall–Kier alpha value is -2.15. The molecule has 0 saturated carbocycles. The predicted octanol–water partition coefficient (Wildman–Crippen LogP) is 5.68. The van der Waals surface area contributed by atoms with Crippen LogP contribution in [0.3, 0.4) is 0 Å². The first-order valence-electron chi connectivity index (χ1n) is 8.21. The van der Waals surface area contributed by atoms with Crippen LogP contribution in [0, 0.1) is 0 Å². The number of alkyl halides is 8. The molecule has 1 heterocycles. The molecular weight excluding hydrogens is 484 g/mol. The van der Waals surface area contributed by atoms with Gasteiger partial charge in [-0.3, -0.25) is 0 Å². The van der Waals surface area contributed by atoms with Gasteiger partial charge in [0.2, 0.25) is 0 Å². The Labute approximate surface area is 176 Å². The highest BCUT2D eigenvalue weighted by Crippen LogP contribution is 2.43. The molecule has 0 radical (unpaired) electrons. The number of rotatable bonds is 5. The Morgan fingerprint density at radius 2 is 1.71 bits per heavy atom. The normalized spacial score (nSPS) is 14.2. The third-order valence-corrected chi connectivity index (χ3v) is 6.33. The van der Waals surface area contributed by atoms with Crippen molar-refractivity contribution < 1.29 is 43.5 Å². The van der Waals surface area contributed by atoms with Gasteiger partial charge in [-0.1, -0.05) is 18.5 Å². The van der Waals surface area contributed by atoms with Crippen LogP contribution in [0.1, 0.15) is 18.2 Å². The van der Waals surface area contributed by atoms with E-state index in [1.807, 2.05) is 0 Å². The fraction of sp³-hybridized carbons (Fsp3) is 0.353. The summed E-state index contributed by atoms with van der Waals surface area (Å²) in [5.41, 5.74) is -1.91. The fourth-order valence-corrected chi connectivity index (χ4v) is 3.79. The lowest BCUT2D eigenvalue weighted by molar-refractivity contribution is -0.261. The standard InChI is InChI=1S/C17H13ClF8N2O2S/c1-3-31(29,30)12-6-9(16(21,22)23)4-5-11(12)14-27-8-10(28(14)2)7-13(18)15(19,20)17(24,25)26/h4-8H,3H2,1-2H3. The van der Waals surface area contributed by atoms with Crippen molar-refractivity contribution in [3.63, 3.8) is 0 Å². The van der Waals surface area contributed by atoms with Gasteiger partial charge in [-0.2, -0.15) is 35.1 Å². The first-order valence-corrected chi connectivity index (χ1v) is 10.2. The average molecular weight is 497 g/mol. The van der Waals surface area contributed by atoms with Crippen molar-refractivity contribution in [1.29, 1.82) is 0 Å². The maximum absolute atomic E-state index is 13.4. The highest BCUT2D eigenvalue weighted by molar-refractivity contribution is 7.91. The van der Waals surface area contributed by atoms with Crippen molar-refractivity contribution in [2.75, 3.05) is 5.75 Å². The Morgan fingerprint density at radius 1 is 1.13 bits per heavy atom. The molecule has 0 saturated heterocycles. The molecule has 0 aliphatic heterocycles. The van der Waals surface area contributed by atoms with Crippen molar-refractivity contribution in [3.05, 3.63) is 40.7 Å². The van der Waals surface area contributed by atoms with Crippen LogP contribution in [0.25, 0.3) is 17.5 Å². The van der Waals surface area contributed by atoms with Crippen molar-refractivity contribution in [2.45, 2.75) is 30.1 Å². The van der Waals surface area contributed by atoms with Crippen LogP contribution >= 0.6 is 11.6 Å². The molecule has 1 aromatic heterocycles. The molecule has 0 bridgehead atoms. The first-order chi connectivity index (χ1) is 13.9. The molecule has 0 spiro atoms. The summed E-state index contributed by atoms with van der Waals surface area (Å²) in [4.78, 5) is 3.05. The number of aromatic nitrogens is 2. The number of allylic oxidation sites excluding steroid dienone is 1. The maximum Gasteiger partial charge on any atom is 0.459 e. The fourth-order valence-electron chi connectivity index (χ4n) is 2.46. The van der Waals surface area contributed by atoms with Crippen LogP contribution in [0.2, 0.25) is 0 Å². The molecule has 0 atom stereocenters. The van der Waals surface area contributed by atoms with E-state index in [2.05, 4.69) is 4.98 Å². The summed E-state index contributed by atoms with van der Waals surface area (Å²) < 4.78 is 129. The number of nitrogens with zero attached hydrogens (tertiary/aromatic N) is 2. The van der Waals surface area contributed by atoms with E-state index in [-0.39, 0.29) is 23.2 Å². The topological polar surface area (TPSA) is 52.0 Å². The largest absolute Gasteiger partial charge is 0.459 e. The van der Waals surface area contributed by atoms with Gasteiger partial charge in [-0.25, -0.2) is 13.4 Å². The second-order valence-corrected chi connectivity index (χ2v) is 8.90. The van der Waals surface area contributed by atoms with E-state index in [1.54, 1.807) is 0 Å². The molecule has 14 heteroatoms. The summed E-state index contributed by atoms with van der Waals surface area (Å²) in [5.74, 6) is -6.20. The van der Waals surface area contributed by atoms with Gasteiger partial charge in [-0.15, -0.1) is 0 Å². The number of benzene rings is 1. The van der Waals surface area contributed by atoms with E-state index in [1.165, 1.54) is 6.92 Å². The minimum Gasteiger partial charge on any atom is -0.328 e. The highest BCUT2D eigenvalue weighted by atomic mass is 35.5. The molecule has 0 aliphatic carbocycles. The SMILES string of the molecule is CCS(=O)(=O)c1cc(C(F)(F)F)ccc1-c1ncc(C=C(Cl)C(F)(F)C(F)(F)F)n1C. The van der Waals surface area contributed by atoms with E-state index >= 15 is 0 Å². The lowest BCUT2D eigenvalue weighted by atomic mass is 10.1. The molecule has 1 aromatic carbocycles. The number of sulfone groups is 1. The van der Waals surface area contributed by atoms with Gasteiger partial charge < -0.3 is 4.57 Å².